The Morgan fingerprint density at radius 1 is 1.12 bits per heavy atom. The van der Waals surface area contributed by atoms with Crippen LogP contribution in [0.4, 0.5) is 11.8 Å². The summed E-state index contributed by atoms with van der Waals surface area (Å²) in [7, 11) is 0. The molecule has 1 aliphatic heterocycles. The largest absolute Gasteiger partial charge is 0.317 e. The molecule has 1 aromatic carbocycles. The monoisotopic (exact) mass is 337 g/mol. The first-order valence-corrected chi connectivity index (χ1v) is 8.13. The van der Waals surface area contributed by atoms with E-state index in [4.69, 9.17) is 17.2 Å². The van der Waals surface area contributed by atoms with Crippen LogP contribution in [0.15, 0.2) is 53.5 Å². The standard InChI is InChI=1S/C17H15N5OS/c23-15-11-13(12-5-2-1-3-6-12)19-17-21(9-4-10-22(15)17)14-7-8-18-16(24)20-14/h1-3,5-8,11H,4,9-10H2,(H,18,20,24). The van der Waals surface area contributed by atoms with Crippen molar-refractivity contribution in [3.8, 4) is 11.3 Å². The summed E-state index contributed by atoms with van der Waals surface area (Å²) in [6, 6.07) is 13.2. The van der Waals surface area contributed by atoms with Crippen molar-refractivity contribution in [3.63, 3.8) is 0 Å². The Hall–Kier alpha value is -2.80. The molecule has 0 radical (unpaired) electrons. The highest BCUT2D eigenvalue weighted by Crippen LogP contribution is 2.26. The third-order valence-electron chi connectivity index (χ3n) is 4.01. The molecule has 0 unspecified atom stereocenters. The van der Waals surface area contributed by atoms with E-state index in [0.29, 0.717) is 23.0 Å². The minimum absolute atomic E-state index is 0.0452. The highest BCUT2D eigenvalue weighted by Gasteiger charge is 2.22. The fourth-order valence-corrected chi connectivity index (χ4v) is 3.06. The van der Waals surface area contributed by atoms with Crippen LogP contribution in [-0.2, 0) is 6.54 Å². The SMILES string of the molecule is O=c1cc(-c2ccccc2)nc2n1CCCN2c1ccnc(=S)[nH]1. The van der Waals surface area contributed by atoms with Gasteiger partial charge >= 0.3 is 0 Å². The Kier molecular flexibility index (Phi) is 3.70. The molecule has 2 aromatic heterocycles. The summed E-state index contributed by atoms with van der Waals surface area (Å²) in [6.07, 6.45) is 2.52. The lowest BCUT2D eigenvalue weighted by atomic mass is 10.1. The molecule has 3 aromatic rings. The summed E-state index contributed by atoms with van der Waals surface area (Å²) in [5.74, 6) is 1.42. The molecule has 1 aliphatic rings. The summed E-state index contributed by atoms with van der Waals surface area (Å²) in [5, 5.41) is 0. The lowest BCUT2D eigenvalue weighted by Crippen LogP contribution is -2.36. The smallest absolute Gasteiger partial charge is 0.255 e. The molecule has 0 aliphatic carbocycles. The van der Waals surface area contributed by atoms with Crippen LogP contribution >= 0.6 is 12.2 Å². The van der Waals surface area contributed by atoms with Gasteiger partial charge in [0.15, 0.2) is 4.77 Å². The predicted molar refractivity (Wildman–Crippen MR) is 95.0 cm³/mol. The first-order valence-electron chi connectivity index (χ1n) is 7.72. The number of H-pyrrole nitrogens is 1. The average Bonchev–Trinajstić information content (AvgIpc) is 2.62. The second-order valence-corrected chi connectivity index (χ2v) is 5.95. The number of hydrogen-bond donors (Lipinski definition) is 1. The zero-order chi connectivity index (χ0) is 16.5. The molecule has 0 amide bonds. The third-order valence-corrected chi connectivity index (χ3v) is 4.22. The zero-order valence-corrected chi connectivity index (χ0v) is 13.7. The number of benzene rings is 1. The minimum Gasteiger partial charge on any atom is -0.317 e. The van der Waals surface area contributed by atoms with Gasteiger partial charge in [0.25, 0.3) is 5.56 Å². The van der Waals surface area contributed by atoms with Gasteiger partial charge in [0, 0.05) is 30.9 Å². The molecule has 24 heavy (non-hydrogen) atoms. The van der Waals surface area contributed by atoms with Crippen molar-refractivity contribution in [2.75, 3.05) is 11.4 Å². The van der Waals surface area contributed by atoms with E-state index < -0.39 is 0 Å². The van der Waals surface area contributed by atoms with E-state index in [1.54, 1.807) is 16.8 Å². The van der Waals surface area contributed by atoms with Crippen LogP contribution < -0.4 is 10.5 Å². The normalized spacial score (nSPS) is 13.6. The van der Waals surface area contributed by atoms with Crippen LogP contribution in [0, 0.1) is 4.77 Å². The van der Waals surface area contributed by atoms with E-state index in [1.165, 1.54) is 0 Å². The summed E-state index contributed by atoms with van der Waals surface area (Å²) in [4.78, 5) is 26.4. The molecule has 0 spiro atoms. The van der Waals surface area contributed by atoms with Crippen LogP contribution in [0.25, 0.3) is 11.3 Å². The Bertz CT molecular complexity index is 996. The maximum absolute atomic E-state index is 12.6. The number of aromatic nitrogens is 4. The van der Waals surface area contributed by atoms with Gasteiger partial charge < -0.3 is 4.98 Å². The Morgan fingerprint density at radius 2 is 1.96 bits per heavy atom. The van der Waals surface area contributed by atoms with E-state index in [9.17, 15) is 4.79 Å². The van der Waals surface area contributed by atoms with E-state index in [2.05, 4.69) is 9.97 Å². The summed E-state index contributed by atoms with van der Waals surface area (Å²) in [6.45, 7) is 1.43. The van der Waals surface area contributed by atoms with Gasteiger partial charge in [0.2, 0.25) is 5.95 Å². The van der Waals surface area contributed by atoms with Crippen LogP contribution in [-0.4, -0.2) is 26.1 Å². The minimum atomic E-state index is -0.0452. The van der Waals surface area contributed by atoms with Crippen molar-refractivity contribution in [1.29, 1.82) is 0 Å². The van der Waals surface area contributed by atoms with E-state index in [1.807, 2.05) is 41.3 Å². The molecule has 4 rings (SSSR count). The maximum atomic E-state index is 12.6. The number of nitrogens with zero attached hydrogens (tertiary/aromatic N) is 4. The van der Waals surface area contributed by atoms with Crippen molar-refractivity contribution in [2.45, 2.75) is 13.0 Å². The van der Waals surface area contributed by atoms with Crippen LogP contribution in [0.1, 0.15) is 6.42 Å². The zero-order valence-electron chi connectivity index (χ0n) is 12.8. The Balaban J connectivity index is 1.89. The average molecular weight is 337 g/mol. The molecule has 120 valence electrons. The van der Waals surface area contributed by atoms with Gasteiger partial charge in [-0.15, -0.1) is 0 Å². The molecule has 0 saturated heterocycles. The summed E-state index contributed by atoms with van der Waals surface area (Å²) < 4.78 is 2.11. The second kappa shape index (κ2) is 6.01. The maximum Gasteiger partial charge on any atom is 0.255 e. The molecule has 6 nitrogen and oxygen atoms in total. The first-order chi connectivity index (χ1) is 11.7. The number of nitrogens with one attached hydrogen (secondary N) is 1. The number of aromatic amines is 1. The predicted octanol–water partition coefficient (Wildman–Crippen LogP) is 2.90. The second-order valence-electron chi connectivity index (χ2n) is 5.56. The Labute approximate surface area is 143 Å². The third kappa shape index (κ3) is 2.63. The molecule has 0 atom stereocenters. The molecular formula is C17H15N5OS. The molecule has 3 heterocycles. The molecule has 0 saturated carbocycles. The molecule has 7 heteroatoms. The number of anilines is 2. The highest BCUT2D eigenvalue weighted by molar-refractivity contribution is 7.71. The molecule has 0 fully saturated rings. The summed E-state index contributed by atoms with van der Waals surface area (Å²) >= 11 is 5.11. The topological polar surface area (TPSA) is 66.8 Å². The van der Waals surface area contributed by atoms with Crippen molar-refractivity contribution < 1.29 is 0 Å². The van der Waals surface area contributed by atoms with Gasteiger partial charge in [-0.05, 0) is 24.7 Å². The Morgan fingerprint density at radius 3 is 2.75 bits per heavy atom. The lowest BCUT2D eigenvalue weighted by Gasteiger charge is -2.30. The lowest BCUT2D eigenvalue weighted by molar-refractivity contribution is 0.561. The van der Waals surface area contributed by atoms with Gasteiger partial charge in [-0.1, -0.05) is 30.3 Å². The van der Waals surface area contributed by atoms with Gasteiger partial charge in [-0.2, -0.15) is 0 Å². The quantitative estimate of drug-likeness (QED) is 0.728. The number of rotatable bonds is 2. The van der Waals surface area contributed by atoms with E-state index in [-0.39, 0.29) is 5.56 Å². The van der Waals surface area contributed by atoms with Gasteiger partial charge in [0.1, 0.15) is 5.82 Å². The molecular weight excluding hydrogens is 322 g/mol. The van der Waals surface area contributed by atoms with E-state index >= 15 is 0 Å². The van der Waals surface area contributed by atoms with Crippen LogP contribution in [0.5, 0.6) is 0 Å². The number of hydrogen-bond acceptors (Lipinski definition) is 5. The van der Waals surface area contributed by atoms with Gasteiger partial charge in [-0.25, -0.2) is 9.97 Å². The van der Waals surface area contributed by atoms with E-state index in [0.717, 1.165) is 24.3 Å². The van der Waals surface area contributed by atoms with Crippen LogP contribution in [0.3, 0.4) is 0 Å². The van der Waals surface area contributed by atoms with Crippen LogP contribution in [0.2, 0.25) is 0 Å². The van der Waals surface area contributed by atoms with Gasteiger partial charge in [0.05, 0.1) is 5.69 Å². The van der Waals surface area contributed by atoms with Crippen molar-refractivity contribution in [2.24, 2.45) is 0 Å². The van der Waals surface area contributed by atoms with Crippen molar-refractivity contribution in [1.82, 2.24) is 19.5 Å². The fourth-order valence-electron chi connectivity index (χ4n) is 2.90. The van der Waals surface area contributed by atoms with Crippen molar-refractivity contribution >= 4 is 24.0 Å². The van der Waals surface area contributed by atoms with Gasteiger partial charge in [-0.3, -0.25) is 14.3 Å². The first kappa shape index (κ1) is 14.8. The fraction of sp³-hybridized carbons (Fsp3) is 0.176. The molecule has 0 bridgehead atoms. The summed E-state index contributed by atoms with van der Waals surface area (Å²) in [5.41, 5.74) is 1.55. The number of fused-ring (bicyclic) bond motifs is 1. The highest BCUT2D eigenvalue weighted by atomic mass is 32.1. The molecule has 1 N–H and O–H groups in total. The van der Waals surface area contributed by atoms with Crippen molar-refractivity contribution in [3.05, 3.63) is 63.8 Å².